The van der Waals surface area contributed by atoms with Crippen molar-refractivity contribution in [2.45, 2.75) is 251 Å². The van der Waals surface area contributed by atoms with Crippen molar-refractivity contribution in [3.63, 3.8) is 0 Å². The number of piperidine rings is 3. The number of carboxylic acid groups (broad SMARTS) is 1. The minimum Gasteiger partial charge on any atom is -0.477 e. The lowest BCUT2D eigenvalue weighted by atomic mass is 9.81. The molecule has 10 rings (SSSR count). The molecular formula is C88H133Cl6N7O13S4. The molecule has 30 heteroatoms. The molecule has 4 aliphatic rings. The largest absolute Gasteiger partial charge is 0.477 e. The summed E-state index contributed by atoms with van der Waals surface area (Å²) in [5.74, 6) is 4.05. The first-order valence-electron chi connectivity index (χ1n) is 39.5. The van der Waals surface area contributed by atoms with Crippen molar-refractivity contribution < 1.29 is 62.4 Å². The first-order valence-corrected chi connectivity index (χ1v) is 44.7. The van der Waals surface area contributed by atoms with E-state index < -0.39 is 22.6 Å². The number of thiophene rings is 4. The molecule has 0 bridgehead atoms. The fourth-order valence-corrected chi connectivity index (χ4v) is 17.5. The number of rotatable bonds is 21. The monoisotopic (exact) mass is 1830 g/mol. The van der Waals surface area contributed by atoms with E-state index in [0.29, 0.717) is 118 Å². The minimum absolute atomic E-state index is 0. The Kier molecular flexibility index (Phi) is 52.2. The van der Waals surface area contributed by atoms with Crippen molar-refractivity contribution in [2.75, 3.05) is 39.3 Å². The summed E-state index contributed by atoms with van der Waals surface area (Å²) in [7, 11) is 0. The van der Waals surface area contributed by atoms with Crippen LogP contribution in [0.4, 0.5) is 19.2 Å². The van der Waals surface area contributed by atoms with Gasteiger partial charge in [-0.2, -0.15) is 0 Å². The van der Waals surface area contributed by atoms with E-state index in [2.05, 4.69) is 76.1 Å². The van der Waals surface area contributed by atoms with E-state index in [1.54, 1.807) is 82.6 Å². The number of carboxylic acids is 1. The van der Waals surface area contributed by atoms with Crippen LogP contribution in [0.2, 0.25) is 17.3 Å². The average Bonchev–Trinajstić information content (AvgIpc) is 1.16. The van der Waals surface area contributed by atoms with Crippen molar-refractivity contribution in [1.82, 2.24) is 30.7 Å². The predicted molar refractivity (Wildman–Crippen MR) is 494 cm³/mol. The van der Waals surface area contributed by atoms with E-state index >= 15 is 0 Å². The molecular weight excluding hydrogens is 1700 g/mol. The summed E-state index contributed by atoms with van der Waals surface area (Å²) >= 11 is 33.3. The number of halogens is 6. The number of nitrogens with two attached hydrogens (primary N) is 1. The van der Waals surface area contributed by atoms with E-state index in [1.807, 2.05) is 76.8 Å². The smallest absolute Gasteiger partial charge is 0.415 e. The zero-order valence-corrected chi connectivity index (χ0v) is 76.7. The van der Waals surface area contributed by atoms with Crippen LogP contribution in [0.3, 0.4) is 0 Å². The van der Waals surface area contributed by atoms with Crippen LogP contribution in [0.25, 0.3) is 0 Å². The van der Waals surface area contributed by atoms with Gasteiger partial charge in [-0.1, -0.05) is 180 Å². The van der Waals surface area contributed by atoms with Crippen LogP contribution < -0.4 is 31.2 Å². The highest BCUT2D eigenvalue weighted by molar-refractivity contribution is 7.19. The highest BCUT2D eigenvalue weighted by Crippen LogP contribution is 2.34. The molecule has 4 unspecified atom stereocenters. The molecule has 2 aromatic carbocycles. The molecule has 664 valence electrons. The molecule has 0 radical (unpaired) electrons. The van der Waals surface area contributed by atoms with Gasteiger partial charge >= 0.3 is 29.7 Å². The normalized spacial score (nSPS) is 15.5. The number of amides is 6. The van der Waals surface area contributed by atoms with Gasteiger partial charge in [0.1, 0.15) is 27.6 Å². The molecule has 4 fully saturated rings. The average molecular weight is 1840 g/mol. The maximum atomic E-state index is 12.6. The van der Waals surface area contributed by atoms with E-state index in [9.17, 15) is 38.4 Å². The molecule has 20 nitrogen and oxygen atoms in total. The first kappa shape index (κ1) is 110. The standard InChI is InChI=1S/C22H27ClN2O3S.C20H31ClN2O3S.C16H24ClNOS.C15H30N2O2.C7H5ClO2.C5H3ClO2S.3CH4.ClH/c1-15(2)14-18(24-21(26)19-8-9-20(23)29-19)16-10-12-25(13-11-16)22(27)28-17-6-4-3-5-7-17;1-13(2)12-15(22-18(24)16-6-7-17(21)27-16)14-8-10-23(11-9-14)19(25)26-20(3,4)5;1-11(2)10-13(12-6-4-3-5-7-12)18-16(19)14-8-9-15(17)20-14;1-11(2)10-13(16)12-6-8-17(9-7-12)14(18)19-15(3,4)5;8-7(9)10-6-4-2-1-3-5-6;6-4-2-1-3(9-4)5(7)8;;;;/h3-9,15-16,18H,10-14H2,1-2H3,(H,24,26);6-7,13-15H,8-12H2,1-5H3,(H,22,24);8-9,11-13H,3-7,10H2,1-2H3,(H,18,19);11-13H,6-10,16H2,1-5H3;1-5H;1-2H,(H,7,8);3*1H4;1H. The van der Waals surface area contributed by atoms with Gasteiger partial charge in [0.2, 0.25) is 0 Å². The maximum Gasteiger partial charge on any atom is 0.415 e. The lowest BCUT2D eigenvalue weighted by Crippen LogP contribution is -2.48. The van der Waals surface area contributed by atoms with Crippen molar-refractivity contribution in [1.29, 1.82) is 0 Å². The molecule has 0 spiro atoms. The molecule has 6 aromatic rings. The number of nitrogens with zero attached hydrogens (tertiary/aromatic N) is 3. The number of para-hydroxylation sites is 2. The van der Waals surface area contributed by atoms with E-state index in [4.69, 9.17) is 83.1 Å². The Morgan fingerprint density at radius 1 is 0.415 bits per heavy atom. The Hall–Kier alpha value is -5.90. The summed E-state index contributed by atoms with van der Waals surface area (Å²) in [6.07, 6.45) is 15.1. The number of carbonyl (C=O) groups is 8. The molecule has 6 amide bonds. The van der Waals surface area contributed by atoms with Crippen molar-refractivity contribution in [2.24, 2.45) is 53.1 Å². The Labute approximate surface area is 751 Å². The molecule has 118 heavy (non-hydrogen) atoms. The van der Waals surface area contributed by atoms with Gasteiger partial charge < -0.3 is 60.4 Å². The van der Waals surface area contributed by atoms with Crippen LogP contribution >= 0.6 is 116 Å². The number of nitrogens with one attached hydrogen (secondary N) is 3. The molecule has 1 saturated carbocycles. The maximum absolute atomic E-state index is 12.6. The van der Waals surface area contributed by atoms with Crippen LogP contribution in [-0.4, -0.2) is 142 Å². The van der Waals surface area contributed by atoms with E-state index in [1.165, 1.54) is 72.2 Å². The number of hydrogen-bond acceptors (Lipinski definition) is 17. The number of benzene rings is 2. The zero-order chi connectivity index (χ0) is 84.4. The second-order valence-corrected chi connectivity index (χ2v) is 40.0. The van der Waals surface area contributed by atoms with Crippen LogP contribution in [-0.2, 0) is 9.47 Å². The summed E-state index contributed by atoms with van der Waals surface area (Å²) in [6.45, 7) is 33.0. The van der Waals surface area contributed by atoms with E-state index in [-0.39, 0.29) is 93.7 Å². The van der Waals surface area contributed by atoms with Crippen LogP contribution in [0.1, 0.15) is 254 Å². The highest BCUT2D eigenvalue weighted by Gasteiger charge is 2.35. The van der Waals surface area contributed by atoms with Gasteiger partial charge in [-0.3, -0.25) is 14.4 Å². The molecule has 3 aliphatic heterocycles. The summed E-state index contributed by atoms with van der Waals surface area (Å²) in [4.78, 5) is 102. The first-order chi connectivity index (χ1) is 53.7. The van der Waals surface area contributed by atoms with Gasteiger partial charge in [-0.25, -0.2) is 24.0 Å². The van der Waals surface area contributed by atoms with Gasteiger partial charge in [-0.05, 0) is 239 Å². The van der Waals surface area contributed by atoms with Gasteiger partial charge in [-0.15, -0.1) is 57.8 Å². The molecule has 7 heterocycles. The van der Waals surface area contributed by atoms with Crippen molar-refractivity contribution in [3.8, 4) is 11.5 Å². The molecule has 4 aromatic heterocycles. The van der Waals surface area contributed by atoms with Crippen LogP contribution in [0.15, 0.2) is 109 Å². The Morgan fingerprint density at radius 3 is 0.958 bits per heavy atom. The molecule has 6 N–H and O–H groups in total. The fraction of sp³-hybridized carbons (Fsp3) is 0.591. The van der Waals surface area contributed by atoms with Gasteiger partial charge in [0.25, 0.3) is 17.7 Å². The highest BCUT2D eigenvalue weighted by atomic mass is 35.5. The fourth-order valence-electron chi connectivity index (χ4n) is 13.7. The summed E-state index contributed by atoms with van der Waals surface area (Å²) in [5.41, 5.74) is 4.53. The second kappa shape index (κ2) is 56.0. The van der Waals surface area contributed by atoms with Crippen LogP contribution in [0.5, 0.6) is 11.5 Å². The van der Waals surface area contributed by atoms with Gasteiger partial charge in [0.05, 0.1) is 32.0 Å². The quantitative estimate of drug-likeness (QED) is 0.0420. The third-order valence-corrected chi connectivity index (χ3v) is 24.1. The number of hydrogen-bond donors (Lipinski definition) is 5. The lowest BCUT2D eigenvalue weighted by Gasteiger charge is -2.37. The molecule has 4 atom stereocenters. The van der Waals surface area contributed by atoms with Crippen LogP contribution in [0, 0.1) is 47.3 Å². The summed E-state index contributed by atoms with van der Waals surface area (Å²) < 4.78 is 23.3. The third kappa shape index (κ3) is 43.2. The van der Waals surface area contributed by atoms with Gasteiger partial charge in [0, 0.05) is 75.0 Å². The second-order valence-electron chi connectivity index (χ2n) is 32.8. The minimum atomic E-state index is -0.924. The Morgan fingerprint density at radius 2 is 0.695 bits per heavy atom. The third-order valence-electron chi connectivity index (χ3n) is 19.1. The topological polar surface area (TPSA) is 266 Å². The number of ether oxygens (including phenoxy) is 4. The number of aromatic carboxylic acids is 1. The SMILES string of the molecule is C.C.C.CC(C)CC(N)C1CCN(C(=O)OC(C)(C)C)CC1.CC(C)CC(NC(=O)c1ccc(Cl)s1)C1CCCCC1.CC(C)CC(NC(=O)c1ccc(Cl)s1)C1CCN(C(=O)OC(C)(C)C)CC1.CC(C)CC(NC(=O)c1ccc(Cl)s1)C1CCN(C(=O)Oc2ccccc2)CC1.Cl.O=C(Cl)Oc1ccccc1.O=C(O)c1ccc(Cl)s1. The zero-order valence-electron chi connectivity index (χ0n) is 68.9. The lowest BCUT2D eigenvalue weighted by molar-refractivity contribution is 0.0158. The number of carbonyl (C=O) groups excluding carboxylic acids is 7. The Bertz CT molecular complexity index is 3880. The summed E-state index contributed by atoms with van der Waals surface area (Å²) in [6, 6.07) is 32.2. The van der Waals surface area contributed by atoms with Gasteiger partial charge in [0.15, 0.2) is 0 Å². The van der Waals surface area contributed by atoms with Crippen molar-refractivity contribution in [3.05, 3.63) is 146 Å². The predicted octanol–water partition coefficient (Wildman–Crippen LogP) is 25.6. The number of likely N-dealkylation sites (tertiary alicyclic amines) is 3. The van der Waals surface area contributed by atoms with E-state index in [0.717, 1.165) is 93.5 Å². The molecule has 1 aliphatic carbocycles. The Balaban J connectivity index is 0.000000730. The molecule has 3 saturated heterocycles. The summed E-state index contributed by atoms with van der Waals surface area (Å²) in [5, 5.41) is 18.0. The van der Waals surface area contributed by atoms with Crippen molar-refractivity contribution >= 4 is 163 Å².